The van der Waals surface area contributed by atoms with E-state index in [1.54, 1.807) is 0 Å². The summed E-state index contributed by atoms with van der Waals surface area (Å²) in [6.07, 6.45) is 0. The Kier molecular flexibility index (Phi) is 5.75. The average Bonchev–Trinajstić information content (AvgIpc) is 2.37. The molecule has 1 aromatic carbocycles. The summed E-state index contributed by atoms with van der Waals surface area (Å²) in [5, 5.41) is 2.42. The van der Waals surface area contributed by atoms with E-state index in [-0.39, 0.29) is 11.7 Å². The lowest BCUT2D eigenvalue weighted by molar-refractivity contribution is -0.144. The monoisotopic (exact) mass is 289 g/mol. The Hall–Kier alpha value is -1.63. The van der Waals surface area contributed by atoms with Gasteiger partial charge in [0.2, 0.25) is 5.91 Å². The second-order valence-electron chi connectivity index (χ2n) is 3.66. The summed E-state index contributed by atoms with van der Waals surface area (Å²) in [6.45, 7) is 1.28. The molecule has 0 heterocycles. The van der Waals surface area contributed by atoms with Crippen LogP contribution in [-0.4, -0.2) is 30.8 Å². The van der Waals surface area contributed by atoms with E-state index in [0.29, 0.717) is 4.90 Å². The number of hydrogen-bond donors (Lipinski definition) is 1. The molecule has 1 amide bonds. The zero-order valence-corrected chi connectivity index (χ0v) is 11.2. The molecule has 0 aromatic heterocycles. The van der Waals surface area contributed by atoms with Crippen LogP contribution in [0.5, 0.6) is 0 Å². The number of thioether (sulfide) groups is 1. The average molecular weight is 289 g/mol. The van der Waals surface area contributed by atoms with Gasteiger partial charge in [0.1, 0.15) is 6.04 Å². The highest BCUT2D eigenvalue weighted by Gasteiger charge is 2.20. The number of halogens is 2. The molecule has 1 aromatic rings. The SMILES string of the molecule is COC(=O)C(CSc1ccc(F)c(F)c1)NC(C)=O. The molecular weight excluding hydrogens is 276 g/mol. The van der Waals surface area contributed by atoms with Crippen molar-refractivity contribution in [3.8, 4) is 0 Å². The molecule has 1 rings (SSSR count). The molecule has 0 saturated carbocycles. The Morgan fingerprint density at radius 1 is 1.37 bits per heavy atom. The number of benzene rings is 1. The second-order valence-corrected chi connectivity index (χ2v) is 4.76. The third-order valence-electron chi connectivity index (χ3n) is 2.17. The van der Waals surface area contributed by atoms with Crippen molar-refractivity contribution in [2.75, 3.05) is 12.9 Å². The van der Waals surface area contributed by atoms with Crippen molar-refractivity contribution in [3.63, 3.8) is 0 Å². The van der Waals surface area contributed by atoms with Gasteiger partial charge in [0.05, 0.1) is 7.11 Å². The maximum absolute atomic E-state index is 13.0. The van der Waals surface area contributed by atoms with Crippen LogP contribution in [0.1, 0.15) is 6.92 Å². The van der Waals surface area contributed by atoms with Gasteiger partial charge in [-0.1, -0.05) is 0 Å². The maximum atomic E-state index is 13.0. The van der Waals surface area contributed by atoms with Crippen molar-refractivity contribution >= 4 is 23.6 Å². The van der Waals surface area contributed by atoms with Crippen LogP contribution in [0.2, 0.25) is 0 Å². The summed E-state index contributed by atoms with van der Waals surface area (Å²) < 4.78 is 30.3. The molecule has 0 radical (unpaired) electrons. The standard InChI is InChI=1S/C12H13F2NO3S/c1-7(16)15-11(12(17)18-2)6-19-8-3-4-9(13)10(14)5-8/h3-5,11H,6H2,1-2H3,(H,15,16). The molecule has 4 nitrogen and oxygen atoms in total. The van der Waals surface area contributed by atoms with Gasteiger partial charge in [-0.2, -0.15) is 0 Å². The third-order valence-corrected chi connectivity index (χ3v) is 3.26. The zero-order chi connectivity index (χ0) is 14.4. The lowest BCUT2D eigenvalue weighted by Crippen LogP contribution is -2.42. The zero-order valence-electron chi connectivity index (χ0n) is 10.4. The van der Waals surface area contributed by atoms with E-state index >= 15 is 0 Å². The number of rotatable bonds is 5. The predicted octanol–water partition coefficient (Wildman–Crippen LogP) is 1.73. The van der Waals surface area contributed by atoms with Gasteiger partial charge in [0.15, 0.2) is 11.6 Å². The number of ether oxygens (including phenoxy) is 1. The molecule has 0 spiro atoms. The van der Waals surface area contributed by atoms with Crippen molar-refractivity contribution in [2.24, 2.45) is 0 Å². The molecular formula is C12H13F2NO3S. The van der Waals surface area contributed by atoms with Gasteiger partial charge in [0, 0.05) is 17.6 Å². The molecule has 19 heavy (non-hydrogen) atoms. The number of carbonyl (C=O) groups is 2. The van der Waals surface area contributed by atoms with Crippen LogP contribution >= 0.6 is 11.8 Å². The van der Waals surface area contributed by atoms with E-state index in [2.05, 4.69) is 10.1 Å². The van der Waals surface area contributed by atoms with Crippen molar-refractivity contribution in [3.05, 3.63) is 29.8 Å². The van der Waals surface area contributed by atoms with Gasteiger partial charge in [0.25, 0.3) is 0 Å². The van der Waals surface area contributed by atoms with Crippen LogP contribution in [0.15, 0.2) is 23.1 Å². The fourth-order valence-electron chi connectivity index (χ4n) is 1.30. The lowest BCUT2D eigenvalue weighted by atomic mass is 10.3. The molecule has 0 saturated heterocycles. The highest BCUT2D eigenvalue weighted by molar-refractivity contribution is 7.99. The normalized spacial score (nSPS) is 11.8. The molecule has 7 heteroatoms. The molecule has 104 valence electrons. The number of methoxy groups -OCH3 is 1. The van der Waals surface area contributed by atoms with Crippen LogP contribution < -0.4 is 5.32 Å². The van der Waals surface area contributed by atoms with Crippen LogP contribution in [0.4, 0.5) is 8.78 Å². The molecule has 1 N–H and O–H groups in total. The minimum atomic E-state index is -0.959. The van der Waals surface area contributed by atoms with Crippen molar-refractivity contribution < 1.29 is 23.1 Å². The highest BCUT2D eigenvalue weighted by Crippen LogP contribution is 2.21. The molecule has 0 aliphatic heterocycles. The van der Waals surface area contributed by atoms with E-state index in [4.69, 9.17) is 0 Å². The van der Waals surface area contributed by atoms with Gasteiger partial charge in [-0.3, -0.25) is 4.79 Å². The van der Waals surface area contributed by atoms with Crippen molar-refractivity contribution in [1.82, 2.24) is 5.32 Å². The summed E-state index contributed by atoms with van der Waals surface area (Å²) >= 11 is 1.11. The number of carbonyl (C=O) groups excluding carboxylic acids is 2. The smallest absolute Gasteiger partial charge is 0.329 e. The first kappa shape index (κ1) is 15.4. The first-order chi connectivity index (χ1) is 8.93. The topological polar surface area (TPSA) is 55.4 Å². The maximum Gasteiger partial charge on any atom is 0.329 e. The fraction of sp³-hybridized carbons (Fsp3) is 0.333. The fourth-order valence-corrected chi connectivity index (χ4v) is 2.23. The Bertz CT molecular complexity index is 482. The van der Waals surface area contributed by atoms with Gasteiger partial charge in [-0.05, 0) is 18.2 Å². The first-order valence-corrected chi connectivity index (χ1v) is 6.35. The Morgan fingerprint density at radius 3 is 2.58 bits per heavy atom. The van der Waals surface area contributed by atoms with E-state index in [1.807, 2.05) is 0 Å². The number of nitrogens with one attached hydrogen (secondary N) is 1. The van der Waals surface area contributed by atoms with Crippen LogP contribution in [0.3, 0.4) is 0 Å². The van der Waals surface area contributed by atoms with Gasteiger partial charge >= 0.3 is 5.97 Å². The number of hydrogen-bond acceptors (Lipinski definition) is 4. The van der Waals surface area contributed by atoms with Gasteiger partial charge in [-0.25, -0.2) is 13.6 Å². The van der Waals surface area contributed by atoms with E-state index in [1.165, 1.54) is 20.1 Å². The van der Waals surface area contributed by atoms with Crippen molar-refractivity contribution in [2.45, 2.75) is 17.9 Å². The van der Waals surface area contributed by atoms with Gasteiger partial charge < -0.3 is 10.1 Å². The summed E-state index contributed by atoms with van der Waals surface area (Å²) in [5.41, 5.74) is 0. The summed E-state index contributed by atoms with van der Waals surface area (Å²) in [6, 6.07) is 2.59. The third kappa shape index (κ3) is 4.86. The largest absolute Gasteiger partial charge is 0.467 e. The minimum absolute atomic E-state index is 0.164. The molecule has 0 aliphatic rings. The quantitative estimate of drug-likeness (QED) is 0.662. The number of esters is 1. The molecule has 0 fully saturated rings. The highest BCUT2D eigenvalue weighted by atomic mass is 32.2. The Morgan fingerprint density at radius 2 is 2.05 bits per heavy atom. The predicted molar refractivity (Wildman–Crippen MR) is 66.7 cm³/mol. The molecule has 1 atom stereocenters. The van der Waals surface area contributed by atoms with Crippen LogP contribution in [0, 0.1) is 11.6 Å². The molecule has 1 unspecified atom stereocenters. The molecule has 0 bridgehead atoms. The van der Waals surface area contributed by atoms with Gasteiger partial charge in [-0.15, -0.1) is 11.8 Å². The summed E-state index contributed by atoms with van der Waals surface area (Å²) in [7, 11) is 1.21. The first-order valence-electron chi connectivity index (χ1n) is 5.37. The summed E-state index contributed by atoms with van der Waals surface area (Å²) in [4.78, 5) is 22.8. The van der Waals surface area contributed by atoms with Crippen LogP contribution in [0.25, 0.3) is 0 Å². The van der Waals surface area contributed by atoms with E-state index in [9.17, 15) is 18.4 Å². The number of amides is 1. The minimum Gasteiger partial charge on any atom is -0.467 e. The second kappa shape index (κ2) is 7.08. The van der Waals surface area contributed by atoms with Crippen LogP contribution in [-0.2, 0) is 14.3 Å². The Balaban J connectivity index is 2.67. The Labute approximate surface area is 113 Å². The summed E-state index contributed by atoms with van der Waals surface area (Å²) in [5.74, 6) is -2.70. The van der Waals surface area contributed by atoms with E-state index < -0.39 is 23.6 Å². The van der Waals surface area contributed by atoms with Crippen molar-refractivity contribution in [1.29, 1.82) is 0 Å². The van der Waals surface area contributed by atoms with E-state index in [0.717, 1.165) is 23.9 Å². The molecule has 0 aliphatic carbocycles. The lowest BCUT2D eigenvalue weighted by Gasteiger charge is -2.14.